The highest BCUT2D eigenvalue weighted by atomic mass is 31.2. The van der Waals surface area contributed by atoms with Crippen LogP contribution >= 0.6 is 7.60 Å². The zero-order chi connectivity index (χ0) is 28.3. The van der Waals surface area contributed by atoms with E-state index in [9.17, 15) is 14.2 Å². The van der Waals surface area contributed by atoms with Gasteiger partial charge in [-0.1, -0.05) is 24.3 Å². The number of nitrogens with one attached hydrogen (secondary N) is 2. The highest BCUT2D eigenvalue weighted by Gasteiger charge is 2.54. The van der Waals surface area contributed by atoms with Crippen LogP contribution in [0.5, 0.6) is 0 Å². The molecule has 2 aromatic carbocycles. The average Bonchev–Trinajstić information content (AvgIpc) is 2.94. The molecule has 0 radical (unpaired) electrons. The minimum absolute atomic E-state index is 0.160. The predicted octanol–water partition coefficient (Wildman–Crippen LogP) is 6.68. The van der Waals surface area contributed by atoms with Crippen LogP contribution in [-0.4, -0.2) is 32.2 Å². The molecule has 0 spiro atoms. The van der Waals surface area contributed by atoms with Crippen molar-refractivity contribution in [2.45, 2.75) is 64.7 Å². The third kappa shape index (κ3) is 6.00. The number of amides is 1. The molecule has 1 amide bonds. The Balaban J connectivity index is 1.28. The first-order chi connectivity index (χ1) is 19.3. The molecule has 0 aliphatic heterocycles. The van der Waals surface area contributed by atoms with E-state index in [1.165, 1.54) is 26.4 Å². The minimum atomic E-state index is -3.61. The number of methoxy groups -OCH3 is 1. The molecule has 4 fully saturated rings. The van der Waals surface area contributed by atoms with Gasteiger partial charge in [0.2, 0.25) is 5.91 Å². The Bertz CT molecular complexity index is 1200. The lowest BCUT2D eigenvalue weighted by molar-refractivity contribution is -0.146. The summed E-state index contributed by atoms with van der Waals surface area (Å²) in [5.74, 6) is 1.18. The molecule has 1 atom stereocenters. The molecule has 4 aliphatic carbocycles. The summed E-state index contributed by atoms with van der Waals surface area (Å²) in [7, 11) is -2.28. The molecular formula is C31H41N2O6P. The van der Waals surface area contributed by atoms with Gasteiger partial charge in [-0.05, 0) is 106 Å². The summed E-state index contributed by atoms with van der Waals surface area (Å²) in [4.78, 5) is 25.3. The molecule has 0 aromatic heterocycles. The van der Waals surface area contributed by atoms with E-state index < -0.39 is 19.3 Å². The second-order valence-electron chi connectivity index (χ2n) is 11.6. The molecule has 40 heavy (non-hydrogen) atoms. The summed E-state index contributed by atoms with van der Waals surface area (Å²) >= 11 is 0. The first-order valence-electron chi connectivity index (χ1n) is 14.5. The molecule has 6 rings (SSSR count). The zero-order valence-electron chi connectivity index (χ0n) is 23.7. The maximum absolute atomic E-state index is 13.9. The quantitative estimate of drug-likeness (QED) is 0.217. The largest absolute Gasteiger partial charge is 0.465 e. The number of anilines is 1. The highest BCUT2D eigenvalue weighted by Crippen LogP contribution is 2.61. The van der Waals surface area contributed by atoms with Crippen molar-refractivity contribution in [2.75, 3.05) is 25.6 Å². The molecule has 1 unspecified atom stereocenters. The number of carbonyl (C=O) groups excluding carboxylic acids is 2. The summed E-state index contributed by atoms with van der Waals surface area (Å²) in [6.07, 6.45) is 7.10. The molecule has 4 saturated carbocycles. The van der Waals surface area contributed by atoms with Crippen LogP contribution < -0.4 is 10.6 Å². The summed E-state index contributed by atoms with van der Waals surface area (Å²) in [5, 5.41) is 6.57. The molecule has 4 aliphatic rings. The van der Waals surface area contributed by atoms with Crippen LogP contribution in [0.2, 0.25) is 0 Å². The molecule has 4 bridgehead atoms. The topological polar surface area (TPSA) is 103 Å². The highest BCUT2D eigenvalue weighted by molar-refractivity contribution is 7.54. The van der Waals surface area contributed by atoms with Gasteiger partial charge in [0.15, 0.2) is 5.78 Å². The number of rotatable bonds is 12. The molecule has 2 N–H and O–H groups in total. The van der Waals surface area contributed by atoms with E-state index in [0.29, 0.717) is 17.7 Å². The van der Waals surface area contributed by atoms with Gasteiger partial charge in [-0.3, -0.25) is 9.36 Å². The van der Waals surface area contributed by atoms with Gasteiger partial charge in [-0.25, -0.2) is 4.79 Å². The van der Waals surface area contributed by atoms with Crippen LogP contribution in [0.3, 0.4) is 0 Å². The normalized spacial score (nSPS) is 25.8. The number of hydrogen-bond donors (Lipinski definition) is 2. The van der Waals surface area contributed by atoms with Crippen molar-refractivity contribution in [1.29, 1.82) is 0 Å². The van der Waals surface area contributed by atoms with Gasteiger partial charge in [0.1, 0.15) is 0 Å². The first kappa shape index (κ1) is 28.8. The number of hydrogen-bond acceptors (Lipinski definition) is 7. The van der Waals surface area contributed by atoms with Crippen LogP contribution in [0.1, 0.15) is 79.6 Å². The first-order valence-corrected chi connectivity index (χ1v) is 16.1. The van der Waals surface area contributed by atoms with E-state index >= 15 is 0 Å². The van der Waals surface area contributed by atoms with Crippen LogP contribution in [0.4, 0.5) is 5.69 Å². The maximum Gasteiger partial charge on any atom is 0.357 e. The zero-order valence-corrected chi connectivity index (χ0v) is 24.6. The SMILES string of the molecule is CCOP(=O)(OCC)C(Nc1ccc(CNC(=O)C23CC4CC(CC(C4)C2)C3)cc1)c1ccc(C(=O)OC)cc1. The van der Waals surface area contributed by atoms with Crippen LogP contribution in [-0.2, 0) is 29.7 Å². The van der Waals surface area contributed by atoms with Gasteiger partial charge < -0.3 is 24.4 Å². The van der Waals surface area contributed by atoms with Gasteiger partial charge in [0.05, 0.1) is 25.9 Å². The average molecular weight is 569 g/mol. The summed E-state index contributed by atoms with van der Waals surface area (Å²) in [6, 6.07) is 14.5. The van der Waals surface area contributed by atoms with Crippen molar-refractivity contribution in [3.8, 4) is 0 Å². The molecule has 8 nitrogen and oxygen atoms in total. The summed E-state index contributed by atoms with van der Waals surface area (Å²) < 4.78 is 30.0. The predicted molar refractivity (Wildman–Crippen MR) is 154 cm³/mol. The monoisotopic (exact) mass is 568 g/mol. The van der Waals surface area contributed by atoms with Gasteiger partial charge >= 0.3 is 13.6 Å². The van der Waals surface area contributed by atoms with Crippen molar-refractivity contribution < 1.29 is 27.9 Å². The Hall–Kier alpha value is -2.67. The second-order valence-corrected chi connectivity index (χ2v) is 13.7. The molecule has 0 saturated heterocycles. The van der Waals surface area contributed by atoms with E-state index in [4.69, 9.17) is 13.8 Å². The fourth-order valence-electron chi connectivity index (χ4n) is 7.45. The number of esters is 1. The van der Waals surface area contributed by atoms with Crippen molar-refractivity contribution >= 4 is 25.2 Å². The van der Waals surface area contributed by atoms with Crippen LogP contribution in [0.15, 0.2) is 48.5 Å². The fraction of sp³-hybridized carbons (Fsp3) is 0.548. The Morgan fingerprint density at radius 3 is 1.95 bits per heavy atom. The maximum atomic E-state index is 13.9. The second kappa shape index (κ2) is 12.1. The molecular weight excluding hydrogens is 527 g/mol. The third-order valence-corrected chi connectivity index (χ3v) is 11.1. The molecule has 0 heterocycles. The lowest BCUT2D eigenvalue weighted by atomic mass is 9.49. The van der Waals surface area contributed by atoms with Gasteiger partial charge in [0.25, 0.3) is 0 Å². The third-order valence-electron chi connectivity index (χ3n) is 8.81. The smallest absolute Gasteiger partial charge is 0.357 e. The van der Waals surface area contributed by atoms with E-state index in [0.717, 1.165) is 48.3 Å². The van der Waals surface area contributed by atoms with Crippen LogP contribution in [0.25, 0.3) is 0 Å². The van der Waals surface area contributed by atoms with Crippen molar-refractivity contribution in [1.82, 2.24) is 5.32 Å². The lowest BCUT2D eigenvalue weighted by Gasteiger charge is -2.55. The summed E-state index contributed by atoms with van der Waals surface area (Å²) in [5.41, 5.74) is 2.63. The summed E-state index contributed by atoms with van der Waals surface area (Å²) in [6.45, 7) is 4.47. The number of ether oxygens (including phenoxy) is 1. The minimum Gasteiger partial charge on any atom is -0.465 e. The van der Waals surface area contributed by atoms with E-state index in [1.54, 1.807) is 38.1 Å². The molecule has 9 heteroatoms. The van der Waals surface area contributed by atoms with Crippen molar-refractivity contribution in [3.63, 3.8) is 0 Å². The van der Waals surface area contributed by atoms with Gasteiger partial charge in [-0.2, -0.15) is 0 Å². The lowest BCUT2D eigenvalue weighted by Crippen LogP contribution is -2.53. The fourth-order valence-corrected chi connectivity index (χ4v) is 9.38. The van der Waals surface area contributed by atoms with Gasteiger partial charge in [0, 0.05) is 17.6 Å². The van der Waals surface area contributed by atoms with E-state index in [1.807, 2.05) is 24.3 Å². The van der Waals surface area contributed by atoms with Gasteiger partial charge in [-0.15, -0.1) is 0 Å². The van der Waals surface area contributed by atoms with E-state index in [2.05, 4.69) is 10.6 Å². The van der Waals surface area contributed by atoms with Crippen molar-refractivity contribution in [3.05, 3.63) is 65.2 Å². The number of carbonyl (C=O) groups is 2. The number of benzene rings is 2. The van der Waals surface area contributed by atoms with E-state index in [-0.39, 0.29) is 24.5 Å². The molecule has 2 aromatic rings. The van der Waals surface area contributed by atoms with Crippen LogP contribution in [0, 0.1) is 23.2 Å². The molecule has 216 valence electrons. The van der Waals surface area contributed by atoms with Crippen molar-refractivity contribution in [2.24, 2.45) is 23.2 Å². The Morgan fingerprint density at radius 1 is 0.900 bits per heavy atom. The Kier molecular flexibility index (Phi) is 8.69. The Labute approximate surface area is 237 Å². The standard InChI is InChI=1S/C31H41N2O6P/c1-4-38-40(36,39-5-2)28(25-8-10-26(11-9-25)29(34)37-3)33-27-12-6-21(7-13-27)20-32-30(35)31-17-22-14-23(18-31)16-24(15-22)19-31/h6-13,22-24,28,33H,4-5,14-20H2,1-3H3,(H,32,35). The Morgan fingerprint density at radius 2 is 1.45 bits per heavy atom.